The van der Waals surface area contributed by atoms with Gasteiger partial charge in [-0.15, -0.1) is 11.3 Å². The Labute approximate surface area is 178 Å². The number of benzene rings is 1. The minimum Gasteiger partial charge on any atom is -0.421 e. The lowest BCUT2D eigenvalue weighted by molar-refractivity contribution is 0.299. The first-order chi connectivity index (χ1) is 13.4. The van der Waals surface area contributed by atoms with Crippen LogP contribution in [-0.4, -0.2) is 26.5 Å². The van der Waals surface area contributed by atoms with Gasteiger partial charge in [0.15, 0.2) is 5.58 Å². The number of aromatic nitrogens is 3. The Morgan fingerprint density at radius 3 is 2.82 bits per heavy atom. The molecule has 1 aromatic carbocycles. The fourth-order valence-electron chi connectivity index (χ4n) is 2.95. The largest absolute Gasteiger partial charge is 0.421 e. The molecule has 0 spiro atoms. The van der Waals surface area contributed by atoms with Crippen molar-refractivity contribution >= 4 is 54.2 Å². The Kier molecular flexibility index (Phi) is 5.13. The van der Waals surface area contributed by atoms with Crippen LogP contribution in [0.2, 0.25) is 0 Å². The average Bonchev–Trinajstić information content (AvgIpc) is 3.22. The Hall–Kier alpha value is -2.01. The molecule has 0 bridgehead atoms. The van der Waals surface area contributed by atoms with Crippen LogP contribution in [0.3, 0.4) is 0 Å². The summed E-state index contributed by atoms with van der Waals surface area (Å²) < 4.78 is 8.30. The van der Waals surface area contributed by atoms with E-state index in [-0.39, 0.29) is 18.6 Å². The number of rotatable bonds is 4. The van der Waals surface area contributed by atoms with Crippen molar-refractivity contribution in [2.24, 2.45) is 0 Å². The Bertz CT molecular complexity index is 1320. The Morgan fingerprint density at radius 1 is 1.29 bits per heavy atom. The highest BCUT2D eigenvalue weighted by atomic mass is 79.9. The van der Waals surface area contributed by atoms with Gasteiger partial charge < -0.3 is 9.52 Å². The summed E-state index contributed by atoms with van der Waals surface area (Å²) >= 11 is 8.05. The van der Waals surface area contributed by atoms with Crippen molar-refractivity contribution in [1.82, 2.24) is 14.8 Å². The summed E-state index contributed by atoms with van der Waals surface area (Å²) in [5.41, 5.74) is 1.61. The van der Waals surface area contributed by atoms with Crippen molar-refractivity contribution in [1.29, 1.82) is 0 Å². The van der Waals surface area contributed by atoms with E-state index in [2.05, 4.69) is 41.9 Å². The summed E-state index contributed by atoms with van der Waals surface area (Å²) in [6.45, 7) is 1.66. The van der Waals surface area contributed by atoms with Gasteiger partial charge >= 0.3 is 5.63 Å². The van der Waals surface area contributed by atoms with Gasteiger partial charge in [0.1, 0.15) is 0 Å². The minimum absolute atomic E-state index is 0.111. The second-order valence-electron chi connectivity index (χ2n) is 6.10. The van der Waals surface area contributed by atoms with E-state index in [0.717, 1.165) is 9.86 Å². The summed E-state index contributed by atoms with van der Waals surface area (Å²) in [5, 5.41) is 14.9. The van der Waals surface area contributed by atoms with Crippen molar-refractivity contribution in [3.8, 4) is 16.4 Å². The standard InChI is InChI=1S/C18H13Br2N3O4S/c1-8-11(2-3-24)16(25)23(22-8)18-21-14(7-28-18)12-5-9-4-10(19)6-13(20)15(9)27-17(12)26/h4-7,22,24H,2-3H2,1H3. The van der Waals surface area contributed by atoms with Crippen LogP contribution in [0.4, 0.5) is 0 Å². The van der Waals surface area contributed by atoms with Crippen LogP contribution in [-0.2, 0) is 6.42 Å². The molecule has 0 radical (unpaired) electrons. The normalized spacial score (nSPS) is 11.4. The molecule has 0 aliphatic heterocycles. The second-order valence-corrected chi connectivity index (χ2v) is 8.70. The quantitative estimate of drug-likeness (QED) is 0.394. The van der Waals surface area contributed by atoms with Gasteiger partial charge in [0, 0.05) is 39.5 Å². The number of thiazole rings is 1. The zero-order chi connectivity index (χ0) is 20.0. The number of aliphatic hydroxyl groups excluding tert-OH is 1. The molecule has 0 amide bonds. The number of H-pyrrole nitrogens is 1. The van der Waals surface area contributed by atoms with Crippen molar-refractivity contribution in [3.05, 3.63) is 64.6 Å². The molecule has 144 valence electrons. The summed E-state index contributed by atoms with van der Waals surface area (Å²) in [4.78, 5) is 29.5. The molecule has 28 heavy (non-hydrogen) atoms. The van der Waals surface area contributed by atoms with E-state index in [9.17, 15) is 9.59 Å². The van der Waals surface area contributed by atoms with E-state index >= 15 is 0 Å². The van der Waals surface area contributed by atoms with E-state index in [4.69, 9.17) is 9.52 Å². The van der Waals surface area contributed by atoms with Crippen LogP contribution in [0.5, 0.6) is 0 Å². The first kappa shape index (κ1) is 19.3. The second kappa shape index (κ2) is 7.43. The maximum absolute atomic E-state index is 12.5. The molecule has 0 aliphatic carbocycles. The van der Waals surface area contributed by atoms with E-state index in [1.54, 1.807) is 24.4 Å². The van der Waals surface area contributed by atoms with Crippen molar-refractivity contribution in [2.75, 3.05) is 6.61 Å². The number of nitrogens with zero attached hydrogens (tertiary/aromatic N) is 2. The molecule has 7 nitrogen and oxygen atoms in total. The highest BCUT2D eigenvalue weighted by Crippen LogP contribution is 2.30. The molecular weight excluding hydrogens is 514 g/mol. The third-order valence-electron chi connectivity index (χ3n) is 4.27. The fraction of sp³-hybridized carbons (Fsp3) is 0.167. The van der Waals surface area contributed by atoms with Crippen LogP contribution < -0.4 is 11.2 Å². The van der Waals surface area contributed by atoms with Gasteiger partial charge in [-0.1, -0.05) is 15.9 Å². The number of nitrogens with one attached hydrogen (secondary N) is 1. The predicted octanol–water partition coefficient (Wildman–Crippen LogP) is 3.76. The predicted molar refractivity (Wildman–Crippen MR) is 114 cm³/mol. The maximum Gasteiger partial charge on any atom is 0.345 e. The molecule has 0 aliphatic rings. The third-order valence-corrected chi connectivity index (χ3v) is 6.14. The number of halogens is 2. The molecule has 0 unspecified atom stereocenters. The first-order valence-corrected chi connectivity index (χ1v) is 10.7. The van der Waals surface area contributed by atoms with Gasteiger partial charge in [0.25, 0.3) is 5.56 Å². The Morgan fingerprint density at radius 2 is 2.07 bits per heavy atom. The summed E-state index contributed by atoms with van der Waals surface area (Å²) in [7, 11) is 0. The number of hydrogen-bond donors (Lipinski definition) is 2. The van der Waals surface area contributed by atoms with E-state index < -0.39 is 5.63 Å². The molecule has 10 heteroatoms. The number of aliphatic hydroxyl groups is 1. The molecule has 3 heterocycles. The average molecular weight is 527 g/mol. The van der Waals surface area contributed by atoms with Crippen LogP contribution in [0.15, 0.2) is 46.5 Å². The molecular formula is C18H13Br2N3O4S. The lowest BCUT2D eigenvalue weighted by atomic mass is 10.1. The monoisotopic (exact) mass is 525 g/mol. The van der Waals surface area contributed by atoms with E-state index in [1.165, 1.54) is 16.0 Å². The lowest BCUT2D eigenvalue weighted by Crippen LogP contribution is -2.18. The van der Waals surface area contributed by atoms with Gasteiger partial charge in [0.2, 0.25) is 5.13 Å². The number of hydrogen-bond acceptors (Lipinski definition) is 6. The topological polar surface area (TPSA) is 101 Å². The molecule has 4 rings (SSSR count). The molecule has 0 saturated heterocycles. The van der Waals surface area contributed by atoms with Gasteiger partial charge in [-0.05, 0) is 41.1 Å². The number of aromatic amines is 1. The van der Waals surface area contributed by atoms with E-state index in [1.807, 2.05) is 6.07 Å². The molecule has 0 saturated carbocycles. The van der Waals surface area contributed by atoms with Gasteiger partial charge in [0.05, 0.1) is 15.7 Å². The smallest absolute Gasteiger partial charge is 0.345 e. The molecule has 2 N–H and O–H groups in total. The van der Waals surface area contributed by atoms with Crippen LogP contribution in [0.1, 0.15) is 11.3 Å². The zero-order valence-electron chi connectivity index (χ0n) is 14.5. The Balaban J connectivity index is 1.82. The van der Waals surface area contributed by atoms with Gasteiger partial charge in [-0.3, -0.25) is 9.89 Å². The first-order valence-electron chi connectivity index (χ1n) is 8.19. The van der Waals surface area contributed by atoms with Crippen LogP contribution >= 0.6 is 43.2 Å². The molecule has 4 aromatic rings. The third kappa shape index (κ3) is 3.30. The highest BCUT2D eigenvalue weighted by molar-refractivity contribution is 9.11. The fourth-order valence-corrected chi connectivity index (χ4v) is 5.07. The zero-order valence-corrected chi connectivity index (χ0v) is 18.4. The lowest BCUT2D eigenvalue weighted by Gasteiger charge is -2.03. The minimum atomic E-state index is -0.511. The van der Waals surface area contributed by atoms with Crippen molar-refractivity contribution < 1.29 is 9.52 Å². The van der Waals surface area contributed by atoms with Gasteiger partial charge in [-0.2, -0.15) is 4.68 Å². The van der Waals surface area contributed by atoms with E-state index in [0.29, 0.717) is 37.7 Å². The van der Waals surface area contributed by atoms with Crippen molar-refractivity contribution in [3.63, 3.8) is 0 Å². The van der Waals surface area contributed by atoms with Gasteiger partial charge in [-0.25, -0.2) is 9.78 Å². The summed E-state index contributed by atoms with van der Waals surface area (Å²) in [6, 6.07) is 5.37. The number of fused-ring (bicyclic) bond motifs is 1. The molecule has 0 atom stereocenters. The van der Waals surface area contributed by atoms with Crippen molar-refractivity contribution in [2.45, 2.75) is 13.3 Å². The maximum atomic E-state index is 12.5. The summed E-state index contributed by atoms with van der Waals surface area (Å²) in [6.07, 6.45) is 0.268. The molecule has 0 fully saturated rings. The highest BCUT2D eigenvalue weighted by Gasteiger charge is 2.17. The number of aryl methyl sites for hydroxylation is 1. The SMILES string of the molecule is Cc1[nH]n(-c2nc(-c3cc4cc(Br)cc(Br)c4oc3=O)cs2)c(=O)c1CCO. The molecule has 3 aromatic heterocycles. The van der Waals surface area contributed by atoms with Crippen LogP contribution in [0, 0.1) is 6.92 Å². The van der Waals surface area contributed by atoms with Crippen LogP contribution in [0.25, 0.3) is 27.4 Å². The summed E-state index contributed by atoms with van der Waals surface area (Å²) in [5.74, 6) is 0.